The Morgan fingerprint density at radius 2 is 1.95 bits per heavy atom. The number of ether oxygens (including phenoxy) is 1. The van der Waals surface area contributed by atoms with Crippen molar-refractivity contribution in [1.29, 1.82) is 0 Å². The maximum atomic E-state index is 13.3. The molecule has 9 heteroatoms. The van der Waals surface area contributed by atoms with Gasteiger partial charge in [-0.15, -0.1) is 11.3 Å². The number of aliphatic hydroxyl groups excluding tert-OH is 3. The summed E-state index contributed by atoms with van der Waals surface area (Å²) in [4.78, 5) is 33.1. The maximum Gasteiger partial charge on any atom is 0.309 e. The molecule has 8 nitrogen and oxygen atoms in total. The Morgan fingerprint density at radius 1 is 1.24 bits per heavy atom. The van der Waals surface area contributed by atoms with E-state index in [9.17, 15) is 24.9 Å². The minimum absolute atomic E-state index is 0.0559. The second kappa shape index (κ2) is 12.5. The fraction of sp³-hybridized carbons (Fsp3) is 0.750. The number of rotatable bonds is 4. The van der Waals surface area contributed by atoms with Crippen molar-refractivity contribution >= 4 is 29.2 Å². The minimum Gasteiger partial charge on any atom is -0.458 e. The van der Waals surface area contributed by atoms with Crippen LogP contribution in [-0.4, -0.2) is 80.5 Å². The molecule has 1 aromatic rings. The van der Waals surface area contributed by atoms with Crippen molar-refractivity contribution in [3.63, 3.8) is 0 Å². The van der Waals surface area contributed by atoms with Crippen molar-refractivity contribution in [1.82, 2.24) is 9.88 Å². The molecule has 2 saturated heterocycles. The van der Waals surface area contributed by atoms with Crippen LogP contribution < -0.4 is 0 Å². The first kappa shape index (κ1) is 29.9. The molecule has 2 aliphatic rings. The summed E-state index contributed by atoms with van der Waals surface area (Å²) in [6.07, 6.45) is 2.19. The van der Waals surface area contributed by atoms with Crippen LogP contribution in [0.3, 0.4) is 0 Å². The lowest BCUT2D eigenvalue weighted by molar-refractivity contribution is -0.154. The number of β-amino-alcohol motifs (C(OH)–C–C–N with tert-alkyl or cyclic N) is 1. The van der Waals surface area contributed by atoms with Crippen LogP contribution in [-0.2, 0) is 14.3 Å². The van der Waals surface area contributed by atoms with Crippen molar-refractivity contribution in [2.45, 2.75) is 104 Å². The summed E-state index contributed by atoms with van der Waals surface area (Å²) in [5, 5.41) is 34.3. The minimum atomic E-state index is -1.24. The predicted molar refractivity (Wildman–Crippen MR) is 144 cm³/mol. The number of aryl methyl sites for hydroxylation is 1. The van der Waals surface area contributed by atoms with E-state index in [1.54, 1.807) is 32.1 Å². The zero-order valence-corrected chi connectivity index (χ0v) is 23.8. The lowest BCUT2D eigenvalue weighted by atomic mass is 9.73. The second-order valence-electron chi connectivity index (χ2n) is 11.5. The molecule has 0 amide bonds. The molecule has 0 aromatic carbocycles. The van der Waals surface area contributed by atoms with Crippen molar-refractivity contribution in [3.05, 3.63) is 21.7 Å². The predicted octanol–water partition coefficient (Wildman–Crippen LogP) is 3.37. The molecule has 2 aliphatic heterocycles. The molecule has 0 saturated carbocycles. The van der Waals surface area contributed by atoms with E-state index in [-0.39, 0.29) is 36.8 Å². The second-order valence-corrected chi connectivity index (χ2v) is 12.5. The number of carbonyl (C=O) groups is 2. The van der Waals surface area contributed by atoms with E-state index in [2.05, 4.69) is 9.88 Å². The quantitative estimate of drug-likeness (QED) is 0.396. The van der Waals surface area contributed by atoms with Crippen molar-refractivity contribution < 1.29 is 29.6 Å². The van der Waals surface area contributed by atoms with Crippen LogP contribution in [0.25, 0.3) is 6.08 Å². The third-order valence-corrected chi connectivity index (χ3v) is 9.10. The van der Waals surface area contributed by atoms with E-state index in [0.29, 0.717) is 13.0 Å². The van der Waals surface area contributed by atoms with E-state index in [1.807, 2.05) is 32.2 Å². The topological polar surface area (TPSA) is 120 Å². The van der Waals surface area contributed by atoms with Gasteiger partial charge in [-0.25, -0.2) is 4.98 Å². The highest BCUT2D eigenvalue weighted by atomic mass is 32.1. The molecule has 0 bridgehead atoms. The summed E-state index contributed by atoms with van der Waals surface area (Å²) < 4.78 is 5.94. The van der Waals surface area contributed by atoms with Gasteiger partial charge in [-0.3, -0.25) is 14.5 Å². The normalized spacial score (nSPS) is 36.1. The van der Waals surface area contributed by atoms with Crippen LogP contribution in [0.4, 0.5) is 0 Å². The van der Waals surface area contributed by atoms with Crippen molar-refractivity contribution in [3.8, 4) is 0 Å². The molecule has 37 heavy (non-hydrogen) atoms. The maximum absolute atomic E-state index is 13.3. The fourth-order valence-corrected chi connectivity index (χ4v) is 6.22. The summed E-state index contributed by atoms with van der Waals surface area (Å²) in [5.74, 6) is -1.57. The standard InChI is InChI=1S/C28H44N2O6S/c1-16-8-7-9-21-22(30(21)10-11-31)13-23(17(2)12-20-15-37-19(4)29-20)36-25(33)14-24(32)28(5,6)27(35)18(3)26(16)34/h12,15-16,18,21-24,26,31-32,34H,7-11,13-14H2,1-6H3/t16-,18+,21+,22?,23?,24-,26-,30?/m0/s1. The number of ketones is 1. The molecule has 1 aromatic heterocycles. The van der Waals surface area contributed by atoms with E-state index >= 15 is 0 Å². The van der Waals surface area contributed by atoms with Gasteiger partial charge in [-0.1, -0.05) is 34.1 Å². The number of carbonyl (C=O) groups excluding carboxylic acids is 2. The molecular weight excluding hydrogens is 492 g/mol. The van der Waals surface area contributed by atoms with Crippen LogP contribution in [0.1, 0.15) is 77.4 Å². The number of fused-ring (bicyclic) bond motifs is 1. The van der Waals surface area contributed by atoms with Crippen molar-refractivity contribution in [2.75, 3.05) is 13.2 Å². The number of hydrogen-bond acceptors (Lipinski definition) is 9. The molecule has 0 radical (unpaired) electrons. The van der Waals surface area contributed by atoms with Gasteiger partial charge < -0.3 is 20.1 Å². The summed E-state index contributed by atoms with van der Waals surface area (Å²) in [7, 11) is 0. The van der Waals surface area contributed by atoms with Gasteiger partial charge in [0, 0.05) is 36.3 Å². The largest absolute Gasteiger partial charge is 0.458 e. The van der Waals surface area contributed by atoms with Gasteiger partial charge in [-0.05, 0) is 44.3 Å². The Morgan fingerprint density at radius 3 is 2.57 bits per heavy atom. The summed E-state index contributed by atoms with van der Waals surface area (Å²) in [5.41, 5.74) is 0.467. The zero-order chi connectivity index (χ0) is 27.5. The molecule has 0 spiro atoms. The Balaban J connectivity index is 1.88. The molecule has 3 rings (SSSR count). The summed E-state index contributed by atoms with van der Waals surface area (Å²) >= 11 is 1.55. The van der Waals surface area contributed by atoms with Gasteiger partial charge in [0.05, 0.1) is 41.4 Å². The van der Waals surface area contributed by atoms with Gasteiger partial charge in [0.15, 0.2) is 0 Å². The fourth-order valence-electron chi connectivity index (χ4n) is 5.65. The van der Waals surface area contributed by atoms with E-state index in [1.165, 1.54) is 0 Å². The Bertz CT molecular complexity index is 976. The summed E-state index contributed by atoms with van der Waals surface area (Å²) in [6, 6.07) is 0.434. The Labute approximate surface area is 224 Å². The number of aromatic nitrogens is 1. The average Bonchev–Trinajstić information content (AvgIpc) is 3.29. The Kier molecular flexibility index (Phi) is 10.1. The zero-order valence-electron chi connectivity index (χ0n) is 23.0. The van der Waals surface area contributed by atoms with Gasteiger partial charge in [-0.2, -0.15) is 0 Å². The number of thiazole rings is 1. The van der Waals surface area contributed by atoms with E-state index in [0.717, 1.165) is 35.5 Å². The van der Waals surface area contributed by atoms with Gasteiger partial charge in [0.25, 0.3) is 0 Å². The molecule has 3 heterocycles. The van der Waals surface area contributed by atoms with Gasteiger partial charge in [0.1, 0.15) is 11.9 Å². The van der Waals surface area contributed by atoms with Crippen LogP contribution in [0, 0.1) is 24.2 Å². The molecule has 2 fully saturated rings. The lowest BCUT2D eigenvalue weighted by Gasteiger charge is -2.34. The van der Waals surface area contributed by atoms with E-state index < -0.39 is 35.6 Å². The SMILES string of the molecule is CC(=Cc1csc(C)n1)C1CC2[C@@H](CCC[C@H](C)[C@H](O)[C@@H](C)C(=O)C(C)(C)[C@@H](O)CC(=O)O1)N2CCO. The molecule has 8 atom stereocenters. The molecule has 0 aliphatic carbocycles. The van der Waals surface area contributed by atoms with Crippen molar-refractivity contribution in [2.24, 2.45) is 17.3 Å². The number of esters is 1. The monoisotopic (exact) mass is 536 g/mol. The third kappa shape index (κ3) is 7.26. The lowest BCUT2D eigenvalue weighted by Crippen LogP contribution is -2.45. The summed E-state index contributed by atoms with van der Waals surface area (Å²) in [6.45, 7) is 11.4. The first-order valence-electron chi connectivity index (χ1n) is 13.4. The van der Waals surface area contributed by atoms with Crippen LogP contribution in [0.15, 0.2) is 11.0 Å². The van der Waals surface area contributed by atoms with Crippen LogP contribution in [0.2, 0.25) is 0 Å². The Hall–Kier alpha value is -1.65. The highest BCUT2D eigenvalue weighted by Gasteiger charge is 2.48. The molecule has 3 N–H and O–H groups in total. The first-order valence-corrected chi connectivity index (χ1v) is 14.3. The van der Waals surface area contributed by atoms with Crippen LogP contribution in [0.5, 0.6) is 0 Å². The molecule has 3 unspecified atom stereocenters. The first-order chi connectivity index (χ1) is 17.4. The average molecular weight is 537 g/mol. The number of Topliss-reactive ketones (excluding diaryl/α,β-unsaturated/α-hetero) is 1. The highest BCUT2D eigenvalue weighted by Crippen LogP contribution is 2.39. The number of aliphatic hydroxyl groups is 3. The van der Waals surface area contributed by atoms with Crippen LogP contribution >= 0.6 is 11.3 Å². The number of nitrogens with zero attached hydrogens (tertiary/aromatic N) is 2. The third-order valence-electron chi connectivity index (χ3n) is 8.31. The molecule has 208 valence electrons. The highest BCUT2D eigenvalue weighted by molar-refractivity contribution is 7.09. The molecular formula is C28H44N2O6S. The number of cyclic esters (lactones) is 1. The smallest absolute Gasteiger partial charge is 0.309 e. The van der Waals surface area contributed by atoms with Gasteiger partial charge in [0.2, 0.25) is 0 Å². The van der Waals surface area contributed by atoms with Gasteiger partial charge >= 0.3 is 5.97 Å². The number of hydrogen-bond donors (Lipinski definition) is 3. The van der Waals surface area contributed by atoms with E-state index in [4.69, 9.17) is 4.74 Å².